The third-order valence-electron chi connectivity index (χ3n) is 3.96. The molecule has 1 aliphatic rings. The molecule has 0 aliphatic carbocycles. The van der Waals surface area contributed by atoms with E-state index in [9.17, 15) is 4.79 Å². The predicted octanol–water partition coefficient (Wildman–Crippen LogP) is 1.44. The molecular formula is C14H19N5O. The van der Waals surface area contributed by atoms with Gasteiger partial charge in [0.1, 0.15) is 0 Å². The Kier molecular flexibility index (Phi) is 3.08. The lowest BCUT2D eigenvalue weighted by Gasteiger charge is -2.22. The lowest BCUT2D eigenvalue weighted by molar-refractivity contribution is 0.0729. The monoisotopic (exact) mass is 273 g/mol. The molecular weight excluding hydrogens is 254 g/mol. The van der Waals surface area contributed by atoms with Crippen molar-refractivity contribution in [2.75, 3.05) is 6.54 Å². The molecule has 3 heterocycles. The number of nitrogens with zero attached hydrogens (tertiary/aromatic N) is 5. The second kappa shape index (κ2) is 4.77. The first kappa shape index (κ1) is 12.9. The summed E-state index contributed by atoms with van der Waals surface area (Å²) in [7, 11) is 3.75. The van der Waals surface area contributed by atoms with Crippen LogP contribution in [0.5, 0.6) is 0 Å². The summed E-state index contributed by atoms with van der Waals surface area (Å²) in [4.78, 5) is 14.5. The topological polar surface area (TPSA) is 56.0 Å². The van der Waals surface area contributed by atoms with Crippen LogP contribution in [-0.4, -0.2) is 36.9 Å². The number of carbonyl (C=O) groups is 1. The van der Waals surface area contributed by atoms with Crippen LogP contribution in [0.15, 0.2) is 18.5 Å². The van der Waals surface area contributed by atoms with Crippen LogP contribution < -0.4 is 0 Å². The normalized spacial score (nSPS) is 18.8. The van der Waals surface area contributed by atoms with Crippen molar-refractivity contribution in [1.29, 1.82) is 0 Å². The van der Waals surface area contributed by atoms with E-state index >= 15 is 0 Å². The highest BCUT2D eigenvalue weighted by molar-refractivity contribution is 5.92. The molecule has 0 saturated carbocycles. The van der Waals surface area contributed by atoms with Gasteiger partial charge in [-0.05, 0) is 25.8 Å². The fourth-order valence-electron chi connectivity index (χ4n) is 2.78. The lowest BCUT2D eigenvalue weighted by atomic mass is 10.1. The van der Waals surface area contributed by atoms with Gasteiger partial charge in [0.25, 0.3) is 5.91 Å². The molecule has 0 N–H and O–H groups in total. The lowest BCUT2D eigenvalue weighted by Crippen LogP contribution is -2.30. The number of rotatable bonds is 2. The third kappa shape index (κ3) is 2.11. The molecule has 1 aliphatic heterocycles. The summed E-state index contributed by atoms with van der Waals surface area (Å²) in [5.74, 6) is 0.0139. The highest BCUT2D eigenvalue weighted by Crippen LogP contribution is 2.32. The second-order valence-electron chi connectivity index (χ2n) is 5.40. The molecule has 2 aromatic rings. The Hall–Kier alpha value is -2.11. The summed E-state index contributed by atoms with van der Waals surface area (Å²) in [5.41, 5.74) is 2.62. The Morgan fingerprint density at radius 1 is 1.40 bits per heavy atom. The average Bonchev–Trinajstić information content (AvgIpc) is 3.10. The van der Waals surface area contributed by atoms with Gasteiger partial charge in [-0.3, -0.25) is 14.2 Å². The highest BCUT2D eigenvalue weighted by Gasteiger charge is 2.32. The molecule has 106 valence electrons. The summed E-state index contributed by atoms with van der Waals surface area (Å²) in [6.45, 7) is 2.74. The third-order valence-corrected chi connectivity index (χ3v) is 3.96. The number of aromatic nitrogens is 4. The van der Waals surface area contributed by atoms with Gasteiger partial charge in [-0.25, -0.2) is 0 Å². The van der Waals surface area contributed by atoms with Crippen molar-refractivity contribution < 1.29 is 4.79 Å². The molecule has 0 bridgehead atoms. The highest BCUT2D eigenvalue weighted by atomic mass is 16.2. The van der Waals surface area contributed by atoms with Crippen molar-refractivity contribution in [2.45, 2.75) is 25.8 Å². The summed E-state index contributed by atoms with van der Waals surface area (Å²) in [5, 5.41) is 8.50. The van der Waals surface area contributed by atoms with Crippen molar-refractivity contribution in [1.82, 2.24) is 24.5 Å². The van der Waals surface area contributed by atoms with Crippen LogP contribution in [0.2, 0.25) is 0 Å². The Balaban J connectivity index is 1.86. The summed E-state index contributed by atoms with van der Waals surface area (Å²) < 4.78 is 3.52. The second-order valence-corrected chi connectivity index (χ2v) is 5.40. The van der Waals surface area contributed by atoms with Crippen LogP contribution in [0.3, 0.4) is 0 Å². The standard InChI is InChI=1S/C14H19N5O/c1-10-7-12(16-18(10)3)14(20)19-6-4-5-13(19)11-8-15-17(2)9-11/h7-9,13H,4-6H2,1-3H3. The van der Waals surface area contributed by atoms with Gasteiger partial charge in [0.2, 0.25) is 0 Å². The first-order valence-corrected chi connectivity index (χ1v) is 6.86. The molecule has 6 nitrogen and oxygen atoms in total. The van der Waals surface area contributed by atoms with E-state index in [-0.39, 0.29) is 11.9 Å². The van der Waals surface area contributed by atoms with Crippen molar-refractivity contribution in [3.63, 3.8) is 0 Å². The smallest absolute Gasteiger partial charge is 0.274 e. The van der Waals surface area contributed by atoms with Crippen LogP contribution in [0.25, 0.3) is 0 Å². The van der Waals surface area contributed by atoms with Gasteiger partial charge in [-0.1, -0.05) is 0 Å². The first-order valence-electron chi connectivity index (χ1n) is 6.86. The molecule has 20 heavy (non-hydrogen) atoms. The fourth-order valence-corrected chi connectivity index (χ4v) is 2.78. The maximum atomic E-state index is 12.6. The largest absolute Gasteiger partial charge is 0.330 e. The molecule has 0 radical (unpaired) electrons. The molecule has 1 saturated heterocycles. The zero-order valence-corrected chi connectivity index (χ0v) is 12.1. The maximum absolute atomic E-state index is 12.6. The van der Waals surface area contributed by atoms with E-state index in [1.807, 2.05) is 44.4 Å². The number of aryl methyl sites for hydroxylation is 3. The Morgan fingerprint density at radius 3 is 2.80 bits per heavy atom. The Bertz CT molecular complexity index is 622. The molecule has 1 amide bonds. The fraction of sp³-hybridized carbons (Fsp3) is 0.500. The molecule has 2 aromatic heterocycles. The number of amides is 1. The van der Waals surface area contributed by atoms with Crippen LogP contribution in [-0.2, 0) is 14.1 Å². The molecule has 1 unspecified atom stereocenters. The SMILES string of the molecule is Cc1cc(C(=O)N2CCCC2c2cnn(C)c2)nn1C. The number of likely N-dealkylation sites (tertiary alicyclic amines) is 1. The molecule has 0 spiro atoms. The first-order chi connectivity index (χ1) is 9.56. The summed E-state index contributed by atoms with van der Waals surface area (Å²) >= 11 is 0. The number of hydrogen-bond acceptors (Lipinski definition) is 3. The van der Waals surface area contributed by atoms with Crippen LogP contribution in [0.1, 0.15) is 40.6 Å². The van der Waals surface area contributed by atoms with Crippen molar-refractivity contribution >= 4 is 5.91 Å². The van der Waals surface area contributed by atoms with Crippen molar-refractivity contribution in [2.24, 2.45) is 14.1 Å². The van der Waals surface area contributed by atoms with Gasteiger partial charge in [0.15, 0.2) is 5.69 Å². The van der Waals surface area contributed by atoms with Gasteiger partial charge < -0.3 is 4.90 Å². The summed E-state index contributed by atoms with van der Waals surface area (Å²) in [6.07, 6.45) is 5.85. The maximum Gasteiger partial charge on any atom is 0.274 e. The average molecular weight is 273 g/mol. The molecule has 1 fully saturated rings. The van der Waals surface area contributed by atoms with Crippen molar-refractivity contribution in [3.05, 3.63) is 35.4 Å². The van der Waals surface area contributed by atoms with E-state index in [0.29, 0.717) is 5.69 Å². The Labute approximate surface area is 118 Å². The minimum absolute atomic E-state index is 0.0139. The minimum Gasteiger partial charge on any atom is -0.330 e. The van der Waals surface area contributed by atoms with Gasteiger partial charge in [-0.15, -0.1) is 0 Å². The van der Waals surface area contributed by atoms with Gasteiger partial charge >= 0.3 is 0 Å². The minimum atomic E-state index is 0.0139. The van der Waals surface area contributed by atoms with Crippen LogP contribution in [0.4, 0.5) is 0 Å². The van der Waals surface area contributed by atoms with Crippen LogP contribution in [0, 0.1) is 6.92 Å². The molecule has 6 heteroatoms. The van der Waals surface area contributed by atoms with E-state index in [1.54, 1.807) is 9.36 Å². The number of carbonyl (C=O) groups excluding carboxylic acids is 1. The van der Waals surface area contributed by atoms with E-state index < -0.39 is 0 Å². The van der Waals surface area contributed by atoms with E-state index in [4.69, 9.17) is 0 Å². The molecule has 1 atom stereocenters. The van der Waals surface area contributed by atoms with Gasteiger partial charge in [0.05, 0.1) is 12.2 Å². The van der Waals surface area contributed by atoms with Gasteiger partial charge in [0, 0.05) is 38.1 Å². The zero-order valence-electron chi connectivity index (χ0n) is 12.1. The zero-order chi connectivity index (χ0) is 14.3. The number of hydrogen-bond donors (Lipinski definition) is 0. The quantitative estimate of drug-likeness (QED) is 0.832. The predicted molar refractivity (Wildman–Crippen MR) is 74.2 cm³/mol. The van der Waals surface area contributed by atoms with E-state index in [1.165, 1.54) is 0 Å². The summed E-state index contributed by atoms with van der Waals surface area (Å²) in [6, 6.07) is 1.97. The van der Waals surface area contributed by atoms with Crippen LogP contribution >= 0.6 is 0 Å². The molecule has 0 aromatic carbocycles. The van der Waals surface area contributed by atoms with E-state index in [2.05, 4.69) is 10.2 Å². The van der Waals surface area contributed by atoms with E-state index in [0.717, 1.165) is 30.6 Å². The Morgan fingerprint density at radius 2 is 2.20 bits per heavy atom. The van der Waals surface area contributed by atoms with Crippen molar-refractivity contribution in [3.8, 4) is 0 Å². The molecule has 3 rings (SSSR count). The van der Waals surface area contributed by atoms with Gasteiger partial charge in [-0.2, -0.15) is 10.2 Å².